The van der Waals surface area contributed by atoms with E-state index in [2.05, 4.69) is 4.98 Å². The molecule has 1 N–H and O–H groups in total. The van der Waals surface area contributed by atoms with Gasteiger partial charge < -0.3 is 5.11 Å². The number of hydrogen-bond donors (Lipinski definition) is 1. The summed E-state index contributed by atoms with van der Waals surface area (Å²) in [6, 6.07) is 0. The van der Waals surface area contributed by atoms with Crippen LogP contribution in [0, 0.1) is 0 Å². The Kier molecular flexibility index (Phi) is 3.69. The van der Waals surface area contributed by atoms with E-state index in [1.54, 1.807) is 5.38 Å². The van der Waals surface area contributed by atoms with Gasteiger partial charge in [-0.05, 0) is 6.42 Å². The van der Waals surface area contributed by atoms with Gasteiger partial charge >= 0.3 is 5.97 Å². The molecule has 0 saturated heterocycles. The number of thiazole rings is 1. The zero-order valence-electron chi connectivity index (χ0n) is 7.16. The summed E-state index contributed by atoms with van der Waals surface area (Å²) in [5, 5.41) is 10.6. The summed E-state index contributed by atoms with van der Waals surface area (Å²) in [5.74, 6) is -1.34. The van der Waals surface area contributed by atoms with Gasteiger partial charge in [-0.3, -0.25) is 4.79 Å². The van der Waals surface area contributed by atoms with E-state index in [0.717, 1.165) is 6.42 Å². The van der Waals surface area contributed by atoms with Crippen molar-refractivity contribution in [1.29, 1.82) is 0 Å². The highest BCUT2D eigenvalue weighted by atomic mass is 35.5. The van der Waals surface area contributed by atoms with Crippen molar-refractivity contribution in [2.45, 2.75) is 25.7 Å². The van der Waals surface area contributed by atoms with Gasteiger partial charge in [-0.1, -0.05) is 24.9 Å². The first kappa shape index (κ1) is 10.5. The smallest absolute Gasteiger partial charge is 0.312 e. The van der Waals surface area contributed by atoms with Crippen LogP contribution in [-0.4, -0.2) is 16.1 Å². The van der Waals surface area contributed by atoms with Crippen molar-refractivity contribution in [3.05, 3.63) is 15.5 Å². The molecule has 1 aromatic heterocycles. The Morgan fingerprint density at radius 3 is 2.92 bits per heavy atom. The van der Waals surface area contributed by atoms with Gasteiger partial charge in [0, 0.05) is 5.38 Å². The van der Waals surface area contributed by atoms with E-state index in [1.807, 2.05) is 6.92 Å². The summed E-state index contributed by atoms with van der Waals surface area (Å²) in [6.45, 7) is 1.95. The van der Waals surface area contributed by atoms with Crippen LogP contribution in [0.15, 0.2) is 5.38 Å². The van der Waals surface area contributed by atoms with E-state index in [1.165, 1.54) is 11.3 Å². The molecule has 1 unspecified atom stereocenters. The third-order valence-electron chi connectivity index (χ3n) is 1.73. The van der Waals surface area contributed by atoms with Crippen LogP contribution in [0.2, 0.25) is 4.47 Å². The minimum atomic E-state index is -0.830. The van der Waals surface area contributed by atoms with E-state index in [0.29, 0.717) is 16.6 Å². The summed E-state index contributed by atoms with van der Waals surface area (Å²) in [4.78, 5) is 14.8. The minimum absolute atomic E-state index is 0.400. The van der Waals surface area contributed by atoms with Gasteiger partial charge in [0.1, 0.15) is 0 Å². The number of hydrogen-bond acceptors (Lipinski definition) is 3. The van der Waals surface area contributed by atoms with Crippen LogP contribution in [0.25, 0.3) is 0 Å². The number of halogens is 1. The van der Waals surface area contributed by atoms with Crippen molar-refractivity contribution in [2.75, 3.05) is 0 Å². The summed E-state index contributed by atoms with van der Waals surface area (Å²) in [6.07, 6.45) is 1.43. The van der Waals surface area contributed by atoms with Crippen LogP contribution in [0.5, 0.6) is 0 Å². The highest BCUT2D eigenvalue weighted by Crippen LogP contribution is 2.25. The van der Waals surface area contributed by atoms with Gasteiger partial charge in [-0.15, -0.1) is 11.3 Å². The second-order valence-corrected chi connectivity index (χ2v) is 4.15. The maximum atomic E-state index is 10.8. The number of carboxylic acid groups (broad SMARTS) is 1. The van der Waals surface area contributed by atoms with Gasteiger partial charge in [0.25, 0.3) is 0 Å². The Labute approximate surface area is 85.4 Å². The van der Waals surface area contributed by atoms with Crippen molar-refractivity contribution in [1.82, 2.24) is 4.98 Å². The highest BCUT2D eigenvalue weighted by Gasteiger charge is 2.21. The molecule has 0 amide bonds. The molecular weight excluding hydrogens is 210 g/mol. The summed E-state index contributed by atoms with van der Waals surface area (Å²) >= 11 is 6.89. The molecule has 1 heterocycles. The SMILES string of the molecule is CCCC(C(=O)O)c1csc(Cl)n1. The predicted octanol–water partition coefficient (Wildman–Crippen LogP) is 2.76. The first-order valence-corrected chi connectivity index (χ1v) is 5.24. The molecule has 0 aromatic carbocycles. The van der Waals surface area contributed by atoms with Crippen molar-refractivity contribution >= 4 is 28.9 Å². The fraction of sp³-hybridized carbons (Fsp3) is 0.500. The van der Waals surface area contributed by atoms with Gasteiger partial charge in [0.15, 0.2) is 4.47 Å². The molecule has 0 aliphatic rings. The van der Waals surface area contributed by atoms with Crippen LogP contribution < -0.4 is 0 Å². The molecule has 5 heteroatoms. The maximum absolute atomic E-state index is 10.8. The number of nitrogens with zero attached hydrogens (tertiary/aromatic N) is 1. The third-order valence-corrected chi connectivity index (χ3v) is 2.72. The molecule has 0 aliphatic carbocycles. The zero-order valence-corrected chi connectivity index (χ0v) is 8.73. The van der Waals surface area contributed by atoms with E-state index >= 15 is 0 Å². The molecule has 13 heavy (non-hydrogen) atoms. The largest absolute Gasteiger partial charge is 0.481 e. The quantitative estimate of drug-likeness (QED) is 0.847. The molecule has 72 valence electrons. The van der Waals surface area contributed by atoms with Gasteiger partial charge in [-0.25, -0.2) is 4.98 Å². The number of carbonyl (C=O) groups is 1. The molecule has 0 fully saturated rings. The minimum Gasteiger partial charge on any atom is -0.481 e. The fourth-order valence-electron chi connectivity index (χ4n) is 1.11. The predicted molar refractivity (Wildman–Crippen MR) is 52.4 cm³/mol. The van der Waals surface area contributed by atoms with Gasteiger partial charge in [-0.2, -0.15) is 0 Å². The lowest BCUT2D eigenvalue weighted by Crippen LogP contribution is -2.11. The first-order valence-electron chi connectivity index (χ1n) is 3.99. The van der Waals surface area contributed by atoms with E-state index < -0.39 is 11.9 Å². The Bertz CT molecular complexity index is 300. The molecule has 0 bridgehead atoms. The Morgan fingerprint density at radius 1 is 1.85 bits per heavy atom. The molecule has 1 rings (SSSR count). The highest BCUT2D eigenvalue weighted by molar-refractivity contribution is 7.14. The lowest BCUT2D eigenvalue weighted by atomic mass is 10.0. The molecule has 0 aliphatic heterocycles. The van der Waals surface area contributed by atoms with Crippen LogP contribution in [-0.2, 0) is 4.79 Å². The maximum Gasteiger partial charge on any atom is 0.312 e. The molecule has 0 spiro atoms. The van der Waals surface area contributed by atoms with Crippen molar-refractivity contribution in [3.8, 4) is 0 Å². The zero-order chi connectivity index (χ0) is 9.84. The summed E-state index contributed by atoms with van der Waals surface area (Å²) in [5.41, 5.74) is 0.573. The number of carboxylic acids is 1. The molecule has 0 radical (unpaired) electrons. The number of aromatic nitrogens is 1. The van der Waals surface area contributed by atoms with E-state index in [-0.39, 0.29) is 0 Å². The second kappa shape index (κ2) is 4.58. The van der Waals surface area contributed by atoms with Crippen molar-refractivity contribution in [2.24, 2.45) is 0 Å². The second-order valence-electron chi connectivity index (χ2n) is 2.70. The van der Waals surface area contributed by atoms with E-state index in [4.69, 9.17) is 16.7 Å². The third kappa shape index (κ3) is 2.67. The standard InChI is InChI=1S/C8H10ClNO2S/c1-2-3-5(7(11)12)6-4-13-8(9)10-6/h4-5H,2-3H2,1H3,(H,11,12). The van der Waals surface area contributed by atoms with Crippen molar-refractivity contribution in [3.63, 3.8) is 0 Å². The fourth-order valence-corrected chi connectivity index (χ4v) is 1.93. The average molecular weight is 220 g/mol. The first-order chi connectivity index (χ1) is 6.15. The van der Waals surface area contributed by atoms with Crippen LogP contribution in [0.1, 0.15) is 31.4 Å². The summed E-state index contributed by atoms with van der Waals surface area (Å²) < 4.78 is 0.400. The topological polar surface area (TPSA) is 50.2 Å². The van der Waals surface area contributed by atoms with Gasteiger partial charge in [0.05, 0.1) is 11.6 Å². The normalized spacial score (nSPS) is 12.8. The molecule has 1 atom stereocenters. The van der Waals surface area contributed by atoms with Crippen molar-refractivity contribution < 1.29 is 9.90 Å². The lowest BCUT2D eigenvalue weighted by Gasteiger charge is -2.06. The Balaban J connectivity index is 2.81. The van der Waals surface area contributed by atoms with Crippen LogP contribution in [0.4, 0.5) is 0 Å². The van der Waals surface area contributed by atoms with Crippen LogP contribution >= 0.6 is 22.9 Å². The van der Waals surface area contributed by atoms with Gasteiger partial charge in [0.2, 0.25) is 0 Å². The Morgan fingerprint density at radius 2 is 2.54 bits per heavy atom. The van der Waals surface area contributed by atoms with E-state index in [9.17, 15) is 4.79 Å². The summed E-state index contributed by atoms with van der Waals surface area (Å²) in [7, 11) is 0. The monoisotopic (exact) mass is 219 g/mol. The lowest BCUT2D eigenvalue weighted by molar-refractivity contribution is -0.139. The Hall–Kier alpha value is -0.610. The average Bonchev–Trinajstić information content (AvgIpc) is 2.46. The number of rotatable bonds is 4. The molecule has 3 nitrogen and oxygen atoms in total. The molecular formula is C8H10ClNO2S. The molecule has 0 saturated carbocycles. The van der Waals surface area contributed by atoms with Crippen LogP contribution in [0.3, 0.4) is 0 Å². The number of aliphatic carboxylic acids is 1. The molecule has 1 aromatic rings.